The molecule has 0 bridgehead atoms. The van der Waals surface area contributed by atoms with E-state index in [4.69, 9.17) is 4.52 Å². The maximum atomic E-state index is 5.66. The van der Waals surface area contributed by atoms with Gasteiger partial charge in [0.25, 0.3) is 0 Å². The van der Waals surface area contributed by atoms with Gasteiger partial charge in [0.2, 0.25) is 11.7 Å². The number of rotatable bonds is 4. The van der Waals surface area contributed by atoms with Gasteiger partial charge in [0, 0.05) is 42.6 Å². The van der Waals surface area contributed by atoms with Crippen LogP contribution in [0.3, 0.4) is 0 Å². The van der Waals surface area contributed by atoms with Crippen LogP contribution in [-0.4, -0.2) is 44.6 Å². The zero-order valence-corrected chi connectivity index (χ0v) is 14.0. The second-order valence-corrected chi connectivity index (χ2v) is 6.88. The first-order chi connectivity index (χ1) is 11.9. The third-order valence-corrected chi connectivity index (χ3v) is 5.08. The third-order valence-electron chi connectivity index (χ3n) is 4.14. The summed E-state index contributed by atoms with van der Waals surface area (Å²) in [5.41, 5.74) is 2.11. The molecule has 0 aliphatic carbocycles. The lowest BCUT2D eigenvalue weighted by Gasteiger charge is -2.32. The van der Waals surface area contributed by atoms with E-state index in [1.807, 2.05) is 30.0 Å². The molecule has 2 aromatic heterocycles. The van der Waals surface area contributed by atoms with Gasteiger partial charge in [-0.15, -0.1) is 0 Å². The Balaban J connectivity index is 1.70. The van der Waals surface area contributed by atoms with Crippen molar-refractivity contribution in [1.82, 2.24) is 20.0 Å². The van der Waals surface area contributed by atoms with Crippen LogP contribution in [0.5, 0.6) is 0 Å². The zero-order valence-electron chi connectivity index (χ0n) is 13.2. The van der Waals surface area contributed by atoms with Crippen LogP contribution in [-0.2, 0) is 0 Å². The lowest BCUT2D eigenvalue weighted by atomic mass is 10.1. The summed E-state index contributed by atoms with van der Waals surface area (Å²) in [6, 6.07) is 14.2. The first-order valence-electron chi connectivity index (χ1n) is 8.02. The molecular formula is C18H18N4OS. The monoisotopic (exact) mass is 338 g/mol. The van der Waals surface area contributed by atoms with E-state index in [-0.39, 0.29) is 6.04 Å². The van der Waals surface area contributed by atoms with E-state index in [1.54, 1.807) is 12.4 Å². The molecule has 0 spiro atoms. The SMILES string of the molecule is c1ccc([C@@H](c2nc(-c3ccncc3)no2)N2CCSCC2)cc1. The van der Waals surface area contributed by atoms with Gasteiger partial charge in [-0.3, -0.25) is 9.88 Å². The summed E-state index contributed by atoms with van der Waals surface area (Å²) in [5, 5.41) is 4.18. The largest absolute Gasteiger partial charge is 0.337 e. The first kappa shape index (κ1) is 15.4. The topological polar surface area (TPSA) is 55.1 Å². The summed E-state index contributed by atoms with van der Waals surface area (Å²) in [4.78, 5) is 11.1. The van der Waals surface area contributed by atoms with Crippen LogP contribution in [0.15, 0.2) is 59.4 Å². The van der Waals surface area contributed by atoms with Crippen LogP contribution in [0.2, 0.25) is 0 Å². The average molecular weight is 338 g/mol. The van der Waals surface area contributed by atoms with E-state index in [1.165, 1.54) is 5.56 Å². The molecule has 122 valence electrons. The molecule has 0 N–H and O–H groups in total. The number of aromatic nitrogens is 3. The maximum absolute atomic E-state index is 5.66. The summed E-state index contributed by atoms with van der Waals surface area (Å²) in [6.45, 7) is 2.05. The molecule has 1 aliphatic heterocycles. The Hall–Kier alpha value is -2.18. The van der Waals surface area contributed by atoms with E-state index in [9.17, 15) is 0 Å². The molecule has 1 atom stereocenters. The molecule has 1 fully saturated rings. The Morgan fingerprint density at radius 1 is 1.00 bits per heavy atom. The van der Waals surface area contributed by atoms with E-state index in [0.29, 0.717) is 11.7 Å². The van der Waals surface area contributed by atoms with Gasteiger partial charge in [-0.2, -0.15) is 16.7 Å². The van der Waals surface area contributed by atoms with Gasteiger partial charge < -0.3 is 4.52 Å². The van der Waals surface area contributed by atoms with E-state index in [0.717, 1.165) is 30.2 Å². The molecule has 0 amide bonds. The lowest BCUT2D eigenvalue weighted by molar-refractivity contribution is 0.204. The van der Waals surface area contributed by atoms with Crippen molar-refractivity contribution in [2.45, 2.75) is 6.04 Å². The Labute approximate surface area is 145 Å². The highest BCUT2D eigenvalue weighted by atomic mass is 32.2. The molecule has 4 rings (SSSR count). The third kappa shape index (κ3) is 3.20. The van der Waals surface area contributed by atoms with E-state index >= 15 is 0 Å². The summed E-state index contributed by atoms with van der Waals surface area (Å²) in [5.74, 6) is 3.53. The van der Waals surface area contributed by atoms with E-state index < -0.39 is 0 Å². The van der Waals surface area contributed by atoms with Crippen LogP contribution in [0.4, 0.5) is 0 Å². The molecule has 0 radical (unpaired) electrons. The van der Waals surface area contributed by atoms with Gasteiger partial charge in [-0.05, 0) is 17.7 Å². The van der Waals surface area contributed by atoms with Gasteiger partial charge in [-0.25, -0.2) is 0 Å². The van der Waals surface area contributed by atoms with Gasteiger partial charge in [0.05, 0.1) is 0 Å². The predicted octanol–water partition coefficient (Wildman–Crippen LogP) is 3.27. The van der Waals surface area contributed by atoms with Gasteiger partial charge in [0.1, 0.15) is 6.04 Å². The Morgan fingerprint density at radius 3 is 2.50 bits per heavy atom. The highest BCUT2D eigenvalue weighted by molar-refractivity contribution is 7.99. The van der Waals surface area contributed by atoms with Crippen LogP contribution < -0.4 is 0 Å². The van der Waals surface area contributed by atoms with Crippen LogP contribution in [0.1, 0.15) is 17.5 Å². The minimum Gasteiger partial charge on any atom is -0.337 e. The van der Waals surface area contributed by atoms with Crippen molar-refractivity contribution in [1.29, 1.82) is 0 Å². The Morgan fingerprint density at radius 2 is 1.75 bits per heavy atom. The van der Waals surface area contributed by atoms with Crippen LogP contribution >= 0.6 is 11.8 Å². The van der Waals surface area contributed by atoms with Crippen LogP contribution in [0.25, 0.3) is 11.4 Å². The molecule has 5 nitrogen and oxygen atoms in total. The first-order valence-corrected chi connectivity index (χ1v) is 9.18. The van der Waals surface area contributed by atoms with Gasteiger partial charge >= 0.3 is 0 Å². The number of hydrogen-bond donors (Lipinski definition) is 0. The fourth-order valence-corrected chi connectivity index (χ4v) is 3.88. The molecule has 3 aromatic rings. The standard InChI is InChI=1S/C18H18N4OS/c1-2-4-14(5-3-1)16(22-10-12-24-13-11-22)18-20-17(21-23-18)15-6-8-19-9-7-15/h1-9,16H,10-13H2/t16-/m0/s1. The highest BCUT2D eigenvalue weighted by Gasteiger charge is 2.29. The lowest BCUT2D eigenvalue weighted by Crippen LogP contribution is -2.36. The molecular weight excluding hydrogens is 320 g/mol. The second-order valence-electron chi connectivity index (χ2n) is 5.65. The number of hydrogen-bond acceptors (Lipinski definition) is 6. The molecule has 0 saturated carbocycles. The molecule has 0 unspecified atom stereocenters. The van der Waals surface area contributed by atoms with Crippen molar-refractivity contribution in [3.63, 3.8) is 0 Å². The quantitative estimate of drug-likeness (QED) is 0.728. The van der Waals surface area contributed by atoms with Crippen molar-refractivity contribution < 1.29 is 4.52 Å². The fourth-order valence-electron chi connectivity index (χ4n) is 2.95. The molecule has 6 heteroatoms. The maximum Gasteiger partial charge on any atom is 0.248 e. The number of nitrogens with zero attached hydrogens (tertiary/aromatic N) is 4. The fraction of sp³-hybridized carbons (Fsp3) is 0.278. The van der Waals surface area contributed by atoms with E-state index in [2.05, 4.69) is 44.3 Å². The molecule has 1 saturated heterocycles. The highest BCUT2D eigenvalue weighted by Crippen LogP contribution is 2.30. The normalized spacial score (nSPS) is 16.8. The van der Waals surface area contributed by atoms with Crippen molar-refractivity contribution in [3.8, 4) is 11.4 Å². The van der Waals surface area contributed by atoms with Crippen molar-refractivity contribution >= 4 is 11.8 Å². The van der Waals surface area contributed by atoms with Crippen LogP contribution in [0, 0.1) is 0 Å². The van der Waals surface area contributed by atoms with Crippen molar-refractivity contribution in [2.24, 2.45) is 0 Å². The Bertz CT molecular complexity index is 772. The number of pyridine rings is 1. The predicted molar refractivity (Wildman–Crippen MR) is 94.7 cm³/mol. The minimum absolute atomic E-state index is 0.00943. The average Bonchev–Trinajstić information content (AvgIpc) is 3.14. The summed E-state index contributed by atoms with van der Waals surface area (Å²) >= 11 is 1.99. The Kier molecular flexibility index (Phi) is 4.57. The molecule has 3 heterocycles. The number of benzene rings is 1. The summed E-state index contributed by atoms with van der Waals surface area (Å²) in [6.07, 6.45) is 3.48. The number of thioether (sulfide) groups is 1. The minimum atomic E-state index is 0.00943. The van der Waals surface area contributed by atoms with Crippen molar-refractivity contribution in [2.75, 3.05) is 24.6 Å². The molecule has 1 aliphatic rings. The zero-order chi connectivity index (χ0) is 16.2. The van der Waals surface area contributed by atoms with Crippen molar-refractivity contribution in [3.05, 3.63) is 66.3 Å². The summed E-state index contributed by atoms with van der Waals surface area (Å²) < 4.78 is 5.66. The van der Waals surface area contributed by atoms with Gasteiger partial charge in [-0.1, -0.05) is 35.5 Å². The smallest absolute Gasteiger partial charge is 0.248 e. The molecule has 24 heavy (non-hydrogen) atoms. The van der Waals surface area contributed by atoms with Gasteiger partial charge in [0.15, 0.2) is 0 Å². The summed E-state index contributed by atoms with van der Waals surface area (Å²) in [7, 11) is 0. The second kappa shape index (κ2) is 7.15. The molecule has 1 aromatic carbocycles.